The maximum atomic E-state index is 12.5. The smallest absolute Gasteiger partial charge is 0.261 e. The number of rotatable bonds is 4. The van der Waals surface area contributed by atoms with Crippen LogP contribution in [0.2, 0.25) is 0 Å². The molecule has 3 aliphatic rings. The van der Waals surface area contributed by atoms with Crippen molar-refractivity contribution in [2.45, 2.75) is 57.6 Å². The van der Waals surface area contributed by atoms with Gasteiger partial charge in [0.25, 0.3) is 5.91 Å². The molecule has 1 spiro atoms. The highest BCUT2D eigenvalue weighted by Crippen LogP contribution is 2.45. The van der Waals surface area contributed by atoms with E-state index in [-0.39, 0.29) is 17.6 Å². The number of hydrogen-bond donors (Lipinski definition) is 1. The van der Waals surface area contributed by atoms with Gasteiger partial charge in [-0.1, -0.05) is 0 Å². The van der Waals surface area contributed by atoms with Crippen LogP contribution in [0.1, 0.15) is 59.6 Å². The Morgan fingerprint density at radius 2 is 2.19 bits per heavy atom. The highest BCUT2D eigenvalue weighted by atomic mass is 32.1. The molecule has 5 nitrogen and oxygen atoms in total. The fourth-order valence-corrected chi connectivity index (χ4v) is 5.97. The molecule has 150 valence electrons. The summed E-state index contributed by atoms with van der Waals surface area (Å²) in [5.41, 5.74) is 1.16. The van der Waals surface area contributed by atoms with Crippen LogP contribution in [0.15, 0.2) is 6.07 Å². The van der Waals surface area contributed by atoms with Crippen molar-refractivity contribution in [3.05, 3.63) is 21.4 Å². The predicted octanol–water partition coefficient (Wildman–Crippen LogP) is 3.18. The molecule has 1 unspecified atom stereocenters. The van der Waals surface area contributed by atoms with Gasteiger partial charge < -0.3 is 19.7 Å². The average molecular weight is 393 g/mol. The summed E-state index contributed by atoms with van der Waals surface area (Å²) < 4.78 is 12.0. The zero-order chi connectivity index (χ0) is 18.9. The Morgan fingerprint density at radius 1 is 1.37 bits per heavy atom. The van der Waals surface area contributed by atoms with Crippen molar-refractivity contribution >= 4 is 17.2 Å². The maximum Gasteiger partial charge on any atom is 0.261 e. The molecule has 0 bridgehead atoms. The van der Waals surface area contributed by atoms with Crippen LogP contribution in [0.5, 0.6) is 0 Å². The summed E-state index contributed by atoms with van der Waals surface area (Å²) >= 11 is 1.65. The number of carbonyl (C=O) groups is 1. The van der Waals surface area contributed by atoms with Crippen LogP contribution < -0.4 is 5.32 Å². The van der Waals surface area contributed by atoms with Crippen LogP contribution in [0.3, 0.4) is 0 Å². The first-order valence-electron chi connectivity index (χ1n) is 10.4. The largest absolute Gasteiger partial charge is 0.381 e. The molecule has 1 amide bonds. The van der Waals surface area contributed by atoms with Crippen molar-refractivity contribution in [3.8, 4) is 0 Å². The third-order valence-electron chi connectivity index (χ3n) is 6.05. The molecule has 2 fully saturated rings. The number of ether oxygens (including phenoxy) is 2. The molecule has 27 heavy (non-hydrogen) atoms. The van der Waals surface area contributed by atoms with E-state index in [1.807, 2.05) is 13.8 Å². The van der Waals surface area contributed by atoms with Gasteiger partial charge in [-0.2, -0.15) is 0 Å². The Bertz CT molecular complexity index is 658. The summed E-state index contributed by atoms with van der Waals surface area (Å²) in [5.74, 6) is 0.734. The quantitative estimate of drug-likeness (QED) is 0.855. The third kappa shape index (κ3) is 4.24. The predicted molar refractivity (Wildman–Crippen MR) is 107 cm³/mol. The molecule has 1 N–H and O–H groups in total. The first kappa shape index (κ1) is 19.4. The van der Waals surface area contributed by atoms with E-state index >= 15 is 0 Å². The van der Waals surface area contributed by atoms with Gasteiger partial charge in [0, 0.05) is 37.2 Å². The van der Waals surface area contributed by atoms with Gasteiger partial charge >= 0.3 is 0 Å². The Labute approximate surface area is 166 Å². The van der Waals surface area contributed by atoms with Crippen LogP contribution in [-0.2, 0) is 21.5 Å². The van der Waals surface area contributed by atoms with E-state index in [9.17, 15) is 4.79 Å². The highest BCUT2D eigenvalue weighted by Gasteiger charge is 2.43. The topological polar surface area (TPSA) is 50.8 Å². The van der Waals surface area contributed by atoms with Crippen molar-refractivity contribution < 1.29 is 14.3 Å². The summed E-state index contributed by atoms with van der Waals surface area (Å²) in [5, 5.41) is 3.02. The van der Waals surface area contributed by atoms with Gasteiger partial charge in [-0.05, 0) is 63.5 Å². The number of piperidine rings is 1. The Kier molecular flexibility index (Phi) is 5.88. The minimum absolute atomic E-state index is 0.0503. The monoisotopic (exact) mass is 392 g/mol. The third-order valence-corrected chi connectivity index (χ3v) is 7.41. The molecular formula is C21H32N2O3S. The van der Waals surface area contributed by atoms with E-state index in [0.717, 1.165) is 63.6 Å². The molecule has 3 aliphatic heterocycles. The molecule has 6 heteroatoms. The number of likely N-dealkylation sites (tertiary alicyclic amines) is 1. The lowest BCUT2D eigenvalue weighted by Gasteiger charge is -2.44. The molecule has 1 aromatic heterocycles. The second-order valence-electron chi connectivity index (χ2n) is 8.57. The summed E-state index contributed by atoms with van der Waals surface area (Å²) in [6, 6.07) is 2.27. The van der Waals surface area contributed by atoms with E-state index in [4.69, 9.17) is 9.47 Å². The lowest BCUT2D eigenvalue weighted by molar-refractivity contribution is -0.0981. The summed E-state index contributed by atoms with van der Waals surface area (Å²) in [6.45, 7) is 9.92. The zero-order valence-electron chi connectivity index (χ0n) is 16.6. The van der Waals surface area contributed by atoms with E-state index in [2.05, 4.69) is 16.3 Å². The number of thiophene rings is 1. The Morgan fingerprint density at radius 3 is 2.89 bits per heavy atom. The van der Waals surface area contributed by atoms with Gasteiger partial charge in [-0.3, -0.25) is 4.79 Å². The number of nitrogens with zero attached hydrogens (tertiary/aromatic N) is 1. The SMILES string of the molecule is CC(C)NC(=O)c1cc2c(s1)C1(CCN(CC3CCCOC3)CC1)OCC2. The van der Waals surface area contributed by atoms with Gasteiger partial charge in [-0.15, -0.1) is 11.3 Å². The standard InChI is InChI=1S/C21H32N2O3S/c1-15(2)22-20(24)18-12-17-5-11-26-21(19(17)27-18)6-8-23(9-7-21)13-16-4-3-10-25-14-16/h12,15-16H,3-11,13-14H2,1-2H3,(H,22,24). The van der Waals surface area contributed by atoms with Crippen molar-refractivity contribution in [2.24, 2.45) is 5.92 Å². The minimum atomic E-state index is -0.172. The lowest BCUT2D eigenvalue weighted by Crippen LogP contribution is -2.47. The normalized spacial score (nSPS) is 25.5. The molecule has 0 aliphatic carbocycles. The van der Waals surface area contributed by atoms with Crippen LogP contribution in [0, 0.1) is 5.92 Å². The van der Waals surface area contributed by atoms with Crippen LogP contribution >= 0.6 is 11.3 Å². The summed E-state index contributed by atoms with van der Waals surface area (Å²) in [7, 11) is 0. The molecule has 1 atom stereocenters. The average Bonchev–Trinajstić information content (AvgIpc) is 3.10. The maximum absolute atomic E-state index is 12.5. The summed E-state index contributed by atoms with van der Waals surface area (Å²) in [4.78, 5) is 17.2. The highest BCUT2D eigenvalue weighted by molar-refractivity contribution is 7.14. The second-order valence-corrected chi connectivity index (χ2v) is 9.62. The molecule has 0 radical (unpaired) electrons. The molecular weight excluding hydrogens is 360 g/mol. The first-order chi connectivity index (χ1) is 13.1. The van der Waals surface area contributed by atoms with Gasteiger partial charge in [0.2, 0.25) is 0 Å². The number of fused-ring (bicyclic) bond motifs is 2. The fraction of sp³-hybridized carbons (Fsp3) is 0.762. The van der Waals surface area contributed by atoms with Crippen LogP contribution in [0.4, 0.5) is 0 Å². The number of carbonyl (C=O) groups excluding carboxylic acids is 1. The number of amides is 1. The molecule has 4 rings (SSSR count). The van der Waals surface area contributed by atoms with Gasteiger partial charge in [-0.25, -0.2) is 0 Å². The minimum Gasteiger partial charge on any atom is -0.381 e. The van der Waals surface area contributed by atoms with E-state index in [1.165, 1.54) is 23.3 Å². The molecule has 2 saturated heterocycles. The Balaban J connectivity index is 1.43. The van der Waals surface area contributed by atoms with Gasteiger partial charge in [0.1, 0.15) is 5.60 Å². The van der Waals surface area contributed by atoms with E-state index < -0.39 is 0 Å². The molecule has 4 heterocycles. The van der Waals surface area contributed by atoms with Crippen molar-refractivity contribution in [2.75, 3.05) is 39.5 Å². The Hall–Kier alpha value is -0.950. The summed E-state index contributed by atoms with van der Waals surface area (Å²) in [6.07, 6.45) is 5.47. The van der Waals surface area contributed by atoms with Crippen LogP contribution in [0.25, 0.3) is 0 Å². The molecule has 0 aromatic carbocycles. The van der Waals surface area contributed by atoms with E-state index in [1.54, 1.807) is 11.3 Å². The number of nitrogens with one attached hydrogen (secondary N) is 1. The van der Waals surface area contributed by atoms with Gasteiger partial charge in [0.15, 0.2) is 0 Å². The van der Waals surface area contributed by atoms with Crippen molar-refractivity contribution in [1.29, 1.82) is 0 Å². The van der Waals surface area contributed by atoms with Gasteiger partial charge in [0.05, 0.1) is 18.1 Å². The first-order valence-corrected chi connectivity index (χ1v) is 11.3. The second kappa shape index (κ2) is 8.19. The van der Waals surface area contributed by atoms with E-state index in [0.29, 0.717) is 5.92 Å². The zero-order valence-corrected chi connectivity index (χ0v) is 17.4. The lowest BCUT2D eigenvalue weighted by atomic mass is 9.85. The van der Waals surface area contributed by atoms with Crippen molar-refractivity contribution in [3.63, 3.8) is 0 Å². The fourth-order valence-electron chi connectivity index (χ4n) is 4.65. The van der Waals surface area contributed by atoms with Crippen LogP contribution in [-0.4, -0.2) is 56.3 Å². The molecule has 1 aromatic rings. The molecule has 0 saturated carbocycles. The van der Waals surface area contributed by atoms with Crippen molar-refractivity contribution in [1.82, 2.24) is 10.2 Å². The number of hydrogen-bond acceptors (Lipinski definition) is 5.